The quantitative estimate of drug-likeness (QED) is 0.905. The van der Waals surface area contributed by atoms with Crippen molar-refractivity contribution in [2.45, 2.75) is 24.3 Å². The minimum Gasteiger partial charge on any atom is -0.316 e. The van der Waals surface area contributed by atoms with E-state index in [2.05, 4.69) is 10.3 Å². The first-order valence-electron chi connectivity index (χ1n) is 8.27. The van der Waals surface area contributed by atoms with E-state index in [1.807, 2.05) is 31.2 Å². The lowest BCUT2D eigenvalue weighted by Gasteiger charge is -2.24. The fourth-order valence-electron chi connectivity index (χ4n) is 3.85. The van der Waals surface area contributed by atoms with Crippen molar-refractivity contribution in [2.75, 3.05) is 19.6 Å². The molecule has 1 aromatic heterocycles. The highest BCUT2D eigenvalue weighted by atomic mass is 32.2. The third-order valence-corrected chi connectivity index (χ3v) is 7.09. The molecule has 24 heavy (non-hydrogen) atoms. The lowest BCUT2D eigenvalue weighted by molar-refractivity contribution is 0.349. The van der Waals surface area contributed by atoms with Crippen molar-refractivity contribution in [1.82, 2.24) is 14.6 Å². The van der Waals surface area contributed by atoms with Gasteiger partial charge in [-0.25, -0.2) is 8.42 Å². The standard InChI is InChI=1S/C18H21N3O2S/c1-13-5-2-3-7-17(13)24(22,23)21-11-14-6-4-8-20-18(14)16-10-19-9-15(16)12-21/h2-8,15-16,19H,9-12H2,1H3/t15-,16+/m1/s1. The molecule has 1 N–H and O–H groups in total. The molecule has 0 saturated carbocycles. The Labute approximate surface area is 142 Å². The Bertz CT molecular complexity index is 866. The molecule has 5 nitrogen and oxygen atoms in total. The minimum absolute atomic E-state index is 0.264. The summed E-state index contributed by atoms with van der Waals surface area (Å²) in [6.07, 6.45) is 1.81. The molecule has 0 spiro atoms. The van der Waals surface area contributed by atoms with Crippen LogP contribution in [0.5, 0.6) is 0 Å². The molecule has 0 aliphatic carbocycles. The second-order valence-electron chi connectivity index (χ2n) is 6.64. The van der Waals surface area contributed by atoms with Gasteiger partial charge >= 0.3 is 0 Å². The molecule has 4 rings (SSSR count). The van der Waals surface area contributed by atoms with Gasteiger partial charge in [-0.05, 0) is 42.6 Å². The average Bonchev–Trinajstić information content (AvgIpc) is 2.97. The highest BCUT2D eigenvalue weighted by Crippen LogP contribution is 2.35. The maximum Gasteiger partial charge on any atom is 0.243 e. The summed E-state index contributed by atoms with van der Waals surface area (Å²) < 4.78 is 28.1. The number of nitrogens with one attached hydrogen (secondary N) is 1. The lowest BCUT2D eigenvalue weighted by atomic mass is 9.91. The summed E-state index contributed by atoms with van der Waals surface area (Å²) in [5, 5.41) is 3.39. The van der Waals surface area contributed by atoms with Crippen molar-refractivity contribution in [2.24, 2.45) is 5.92 Å². The lowest BCUT2D eigenvalue weighted by Crippen LogP contribution is -2.35. The zero-order chi connectivity index (χ0) is 16.7. The Morgan fingerprint density at radius 3 is 2.83 bits per heavy atom. The smallest absolute Gasteiger partial charge is 0.243 e. The van der Waals surface area contributed by atoms with E-state index < -0.39 is 10.0 Å². The van der Waals surface area contributed by atoms with Crippen LogP contribution in [-0.2, 0) is 16.6 Å². The summed E-state index contributed by atoms with van der Waals surface area (Å²) in [7, 11) is -3.52. The predicted octanol–water partition coefficient (Wildman–Crippen LogP) is 1.90. The van der Waals surface area contributed by atoms with Gasteiger partial charge in [-0.1, -0.05) is 24.3 Å². The molecule has 0 bridgehead atoms. The van der Waals surface area contributed by atoms with E-state index >= 15 is 0 Å². The molecule has 0 unspecified atom stereocenters. The van der Waals surface area contributed by atoms with Crippen molar-refractivity contribution >= 4 is 10.0 Å². The summed E-state index contributed by atoms with van der Waals surface area (Å²) in [5.41, 5.74) is 2.86. The number of fused-ring (bicyclic) bond motifs is 3. The molecule has 1 fully saturated rings. The van der Waals surface area contributed by atoms with Crippen LogP contribution in [0.15, 0.2) is 47.5 Å². The zero-order valence-electron chi connectivity index (χ0n) is 13.6. The van der Waals surface area contributed by atoms with E-state index in [0.717, 1.165) is 29.9 Å². The van der Waals surface area contributed by atoms with Crippen LogP contribution in [0.1, 0.15) is 22.7 Å². The number of hydrogen-bond donors (Lipinski definition) is 1. The Morgan fingerprint density at radius 1 is 1.17 bits per heavy atom. The Kier molecular flexibility index (Phi) is 3.90. The van der Waals surface area contributed by atoms with Gasteiger partial charge in [-0.15, -0.1) is 0 Å². The monoisotopic (exact) mass is 343 g/mol. The largest absolute Gasteiger partial charge is 0.316 e. The van der Waals surface area contributed by atoms with Crippen LogP contribution in [0.4, 0.5) is 0 Å². The first-order valence-corrected chi connectivity index (χ1v) is 9.71. The maximum atomic E-state index is 13.2. The predicted molar refractivity (Wildman–Crippen MR) is 92.1 cm³/mol. The van der Waals surface area contributed by atoms with E-state index in [4.69, 9.17) is 0 Å². The van der Waals surface area contributed by atoms with E-state index in [1.54, 1.807) is 22.6 Å². The van der Waals surface area contributed by atoms with Crippen LogP contribution in [0, 0.1) is 12.8 Å². The van der Waals surface area contributed by atoms with Gasteiger partial charge in [0, 0.05) is 37.4 Å². The van der Waals surface area contributed by atoms with Crippen molar-refractivity contribution in [3.05, 3.63) is 59.4 Å². The number of nitrogens with zero attached hydrogens (tertiary/aromatic N) is 2. The van der Waals surface area contributed by atoms with Crippen molar-refractivity contribution in [3.63, 3.8) is 0 Å². The molecule has 126 valence electrons. The Morgan fingerprint density at radius 2 is 2.00 bits per heavy atom. The van der Waals surface area contributed by atoms with Crippen LogP contribution < -0.4 is 5.32 Å². The zero-order valence-corrected chi connectivity index (χ0v) is 14.5. The molecule has 0 amide bonds. The van der Waals surface area contributed by atoms with Crippen LogP contribution >= 0.6 is 0 Å². The van der Waals surface area contributed by atoms with Crippen molar-refractivity contribution < 1.29 is 8.42 Å². The molecule has 6 heteroatoms. The summed E-state index contributed by atoms with van der Waals surface area (Å²) in [4.78, 5) is 4.97. The molecule has 0 radical (unpaired) electrons. The van der Waals surface area contributed by atoms with Crippen LogP contribution in [-0.4, -0.2) is 37.3 Å². The summed E-state index contributed by atoms with van der Waals surface area (Å²) in [6, 6.07) is 11.1. The van der Waals surface area contributed by atoms with Gasteiger partial charge in [0.1, 0.15) is 0 Å². The van der Waals surface area contributed by atoms with Gasteiger partial charge in [0.2, 0.25) is 10.0 Å². The third-order valence-electron chi connectivity index (χ3n) is 5.11. The molecular weight excluding hydrogens is 322 g/mol. The number of benzene rings is 1. The van der Waals surface area contributed by atoms with Gasteiger partial charge in [0.15, 0.2) is 0 Å². The molecule has 3 heterocycles. The SMILES string of the molecule is Cc1ccccc1S(=O)(=O)N1Cc2cccnc2[C@H]2CNC[C@@H]2C1. The maximum absolute atomic E-state index is 13.2. The number of aryl methyl sites for hydroxylation is 1. The molecular formula is C18H21N3O2S. The molecule has 1 saturated heterocycles. The number of hydrogen-bond acceptors (Lipinski definition) is 4. The number of rotatable bonds is 2. The van der Waals surface area contributed by atoms with Gasteiger partial charge < -0.3 is 5.32 Å². The van der Waals surface area contributed by atoms with Gasteiger partial charge in [-0.3, -0.25) is 4.98 Å². The van der Waals surface area contributed by atoms with Gasteiger partial charge in [0.05, 0.1) is 4.90 Å². The van der Waals surface area contributed by atoms with Crippen molar-refractivity contribution in [1.29, 1.82) is 0 Å². The van der Waals surface area contributed by atoms with Gasteiger partial charge in [0.25, 0.3) is 0 Å². The van der Waals surface area contributed by atoms with E-state index in [9.17, 15) is 8.42 Å². The second-order valence-corrected chi connectivity index (χ2v) is 8.54. The molecule has 2 aliphatic rings. The normalized spacial score (nSPS) is 24.2. The first kappa shape index (κ1) is 15.7. The Hall–Kier alpha value is -1.76. The molecule has 2 aromatic rings. The fraction of sp³-hybridized carbons (Fsp3) is 0.389. The number of pyridine rings is 1. The highest BCUT2D eigenvalue weighted by molar-refractivity contribution is 7.89. The third kappa shape index (κ3) is 2.55. The minimum atomic E-state index is -3.52. The average molecular weight is 343 g/mol. The van der Waals surface area contributed by atoms with Crippen LogP contribution in [0.3, 0.4) is 0 Å². The number of aromatic nitrogens is 1. The summed E-state index contributed by atoms with van der Waals surface area (Å²) >= 11 is 0. The topological polar surface area (TPSA) is 62.3 Å². The molecule has 1 aromatic carbocycles. The first-order chi connectivity index (χ1) is 11.6. The van der Waals surface area contributed by atoms with Gasteiger partial charge in [-0.2, -0.15) is 4.31 Å². The second kappa shape index (κ2) is 5.95. The van der Waals surface area contributed by atoms with Crippen LogP contribution in [0.2, 0.25) is 0 Å². The van der Waals surface area contributed by atoms with E-state index in [1.165, 1.54) is 0 Å². The summed E-state index contributed by atoms with van der Waals surface area (Å²) in [5.74, 6) is 0.554. The van der Waals surface area contributed by atoms with E-state index in [-0.39, 0.29) is 5.92 Å². The highest BCUT2D eigenvalue weighted by Gasteiger charge is 2.39. The molecule has 2 aliphatic heterocycles. The number of sulfonamides is 1. The molecule has 2 atom stereocenters. The fourth-order valence-corrected chi connectivity index (χ4v) is 5.55. The van der Waals surface area contributed by atoms with Crippen molar-refractivity contribution in [3.8, 4) is 0 Å². The summed E-state index contributed by atoms with van der Waals surface area (Å²) in [6.45, 7) is 4.48. The Balaban J connectivity index is 1.78. The van der Waals surface area contributed by atoms with Crippen LogP contribution in [0.25, 0.3) is 0 Å². The van der Waals surface area contributed by atoms with E-state index in [0.29, 0.717) is 23.9 Å².